The van der Waals surface area contributed by atoms with E-state index < -0.39 is 0 Å². The van der Waals surface area contributed by atoms with Gasteiger partial charge < -0.3 is 16.4 Å². The van der Waals surface area contributed by atoms with Gasteiger partial charge in [0.15, 0.2) is 0 Å². The van der Waals surface area contributed by atoms with Gasteiger partial charge in [-0.05, 0) is 31.4 Å². The molecule has 4 N–H and O–H groups in total. The highest BCUT2D eigenvalue weighted by molar-refractivity contribution is 5.46. The summed E-state index contributed by atoms with van der Waals surface area (Å²) in [7, 11) is 0. The second-order valence-electron chi connectivity index (χ2n) is 6.93. The molecule has 0 atom stereocenters. The standard InChI is InChI=1S/C17H26N8/c18-16-21-17(19)25(22-16)14-6-7-15(20-12-14)24-9-3-8-23(10-11-24)13-4-1-2-5-13/h6-7,12-13H,1-5,8-11H2,(H4,18,19,21,22). The van der Waals surface area contributed by atoms with Crippen LogP contribution in [-0.2, 0) is 0 Å². The molecule has 0 bridgehead atoms. The minimum atomic E-state index is 0.168. The van der Waals surface area contributed by atoms with E-state index in [0.717, 1.165) is 37.2 Å². The number of hydrogen-bond acceptors (Lipinski definition) is 7. The monoisotopic (exact) mass is 342 g/mol. The maximum atomic E-state index is 5.82. The molecule has 0 radical (unpaired) electrons. The third-order valence-corrected chi connectivity index (χ3v) is 5.32. The summed E-state index contributed by atoms with van der Waals surface area (Å²) < 4.78 is 1.51. The van der Waals surface area contributed by atoms with E-state index >= 15 is 0 Å². The van der Waals surface area contributed by atoms with Gasteiger partial charge in [-0.15, -0.1) is 5.10 Å². The van der Waals surface area contributed by atoms with Gasteiger partial charge in [0.05, 0.1) is 11.9 Å². The lowest BCUT2D eigenvalue weighted by Crippen LogP contribution is -2.37. The number of anilines is 3. The fourth-order valence-electron chi connectivity index (χ4n) is 4.02. The molecule has 1 saturated heterocycles. The Morgan fingerprint density at radius 3 is 2.48 bits per heavy atom. The number of pyridine rings is 1. The van der Waals surface area contributed by atoms with E-state index in [4.69, 9.17) is 11.5 Å². The van der Waals surface area contributed by atoms with Crippen LogP contribution in [0.15, 0.2) is 18.3 Å². The number of rotatable bonds is 3. The topological polar surface area (TPSA) is 102 Å². The zero-order valence-corrected chi connectivity index (χ0v) is 14.5. The molecule has 1 aliphatic carbocycles. The first kappa shape index (κ1) is 16.1. The predicted molar refractivity (Wildman–Crippen MR) is 98.6 cm³/mol. The summed E-state index contributed by atoms with van der Waals surface area (Å²) in [6, 6.07) is 4.79. The van der Waals surface area contributed by atoms with Gasteiger partial charge in [0.1, 0.15) is 5.82 Å². The van der Waals surface area contributed by atoms with E-state index in [9.17, 15) is 0 Å². The molecule has 0 amide bonds. The van der Waals surface area contributed by atoms with Crippen LogP contribution >= 0.6 is 0 Å². The van der Waals surface area contributed by atoms with Crippen LogP contribution < -0.4 is 16.4 Å². The van der Waals surface area contributed by atoms with Crippen LogP contribution in [-0.4, -0.2) is 56.9 Å². The lowest BCUT2D eigenvalue weighted by atomic mass is 10.2. The lowest BCUT2D eigenvalue weighted by molar-refractivity contribution is 0.213. The minimum absolute atomic E-state index is 0.168. The minimum Gasteiger partial charge on any atom is -0.368 e. The molecule has 25 heavy (non-hydrogen) atoms. The van der Waals surface area contributed by atoms with Gasteiger partial charge in [0.2, 0.25) is 11.9 Å². The average Bonchev–Trinajstić information content (AvgIpc) is 3.19. The van der Waals surface area contributed by atoms with Crippen LogP contribution in [0.25, 0.3) is 5.69 Å². The molecular weight excluding hydrogens is 316 g/mol. The lowest BCUT2D eigenvalue weighted by Gasteiger charge is -2.27. The van der Waals surface area contributed by atoms with Crippen LogP contribution in [0.4, 0.5) is 17.7 Å². The quantitative estimate of drug-likeness (QED) is 0.866. The molecule has 2 aliphatic rings. The number of nitrogen functional groups attached to an aromatic ring is 2. The Labute approximate surface area is 147 Å². The Hall–Kier alpha value is -2.35. The third-order valence-electron chi connectivity index (χ3n) is 5.32. The van der Waals surface area contributed by atoms with Crippen LogP contribution in [0, 0.1) is 0 Å². The van der Waals surface area contributed by atoms with Crippen molar-refractivity contribution >= 4 is 17.7 Å². The van der Waals surface area contributed by atoms with Crippen molar-refractivity contribution < 1.29 is 0 Å². The maximum absolute atomic E-state index is 5.82. The van der Waals surface area contributed by atoms with Crippen LogP contribution in [0.3, 0.4) is 0 Å². The molecule has 3 heterocycles. The van der Waals surface area contributed by atoms with Crippen LogP contribution in [0.5, 0.6) is 0 Å². The van der Waals surface area contributed by atoms with Crippen molar-refractivity contribution in [3.63, 3.8) is 0 Å². The van der Waals surface area contributed by atoms with Gasteiger partial charge in [-0.3, -0.25) is 4.90 Å². The molecule has 0 spiro atoms. The van der Waals surface area contributed by atoms with E-state index in [0.29, 0.717) is 0 Å². The van der Waals surface area contributed by atoms with Crippen molar-refractivity contribution in [1.82, 2.24) is 24.6 Å². The highest BCUT2D eigenvalue weighted by Crippen LogP contribution is 2.25. The van der Waals surface area contributed by atoms with Gasteiger partial charge in [-0.25, -0.2) is 4.98 Å². The molecule has 2 aromatic heterocycles. The molecule has 8 nitrogen and oxygen atoms in total. The van der Waals surface area contributed by atoms with E-state index in [1.165, 1.54) is 43.3 Å². The molecule has 8 heteroatoms. The molecule has 134 valence electrons. The maximum Gasteiger partial charge on any atom is 0.241 e. The molecule has 0 aromatic carbocycles. The summed E-state index contributed by atoms with van der Waals surface area (Å²) in [5.41, 5.74) is 12.2. The number of nitrogens with zero attached hydrogens (tertiary/aromatic N) is 6. The molecular formula is C17H26N8. The van der Waals surface area contributed by atoms with Gasteiger partial charge in [-0.1, -0.05) is 12.8 Å². The Bertz CT molecular complexity index is 704. The summed E-state index contributed by atoms with van der Waals surface area (Å²) in [6.07, 6.45) is 8.49. The molecule has 1 saturated carbocycles. The summed E-state index contributed by atoms with van der Waals surface area (Å²) >= 11 is 0. The first-order valence-electron chi connectivity index (χ1n) is 9.14. The van der Waals surface area contributed by atoms with Crippen molar-refractivity contribution in [2.45, 2.75) is 38.1 Å². The summed E-state index contributed by atoms with van der Waals surface area (Å²) in [6.45, 7) is 4.41. The molecule has 1 aliphatic heterocycles. The zero-order valence-electron chi connectivity index (χ0n) is 14.5. The van der Waals surface area contributed by atoms with Gasteiger partial charge in [0.25, 0.3) is 0 Å². The normalized spacial score (nSPS) is 20.1. The summed E-state index contributed by atoms with van der Waals surface area (Å²) in [4.78, 5) is 13.6. The Morgan fingerprint density at radius 2 is 1.80 bits per heavy atom. The van der Waals surface area contributed by atoms with Crippen molar-refractivity contribution in [3.05, 3.63) is 18.3 Å². The van der Waals surface area contributed by atoms with E-state index in [2.05, 4.69) is 24.9 Å². The van der Waals surface area contributed by atoms with Crippen molar-refractivity contribution in [2.75, 3.05) is 42.5 Å². The second kappa shape index (κ2) is 6.87. The number of nitrogens with two attached hydrogens (primary N) is 2. The smallest absolute Gasteiger partial charge is 0.241 e. The van der Waals surface area contributed by atoms with E-state index in [-0.39, 0.29) is 11.9 Å². The van der Waals surface area contributed by atoms with Crippen molar-refractivity contribution in [1.29, 1.82) is 0 Å². The van der Waals surface area contributed by atoms with Crippen molar-refractivity contribution in [2.24, 2.45) is 0 Å². The Balaban J connectivity index is 1.44. The van der Waals surface area contributed by atoms with E-state index in [1.807, 2.05) is 12.1 Å². The van der Waals surface area contributed by atoms with E-state index in [1.54, 1.807) is 6.20 Å². The molecule has 4 rings (SSSR count). The fourth-order valence-corrected chi connectivity index (χ4v) is 4.02. The van der Waals surface area contributed by atoms with Gasteiger partial charge in [0, 0.05) is 32.2 Å². The van der Waals surface area contributed by atoms with Gasteiger partial charge >= 0.3 is 0 Å². The zero-order chi connectivity index (χ0) is 17.2. The van der Waals surface area contributed by atoms with Crippen LogP contribution in [0.2, 0.25) is 0 Å². The first-order chi connectivity index (χ1) is 12.2. The predicted octanol–water partition coefficient (Wildman–Crippen LogP) is 1.28. The number of hydrogen-bond donors (Lipinski definition) is 2. The van der Waals surface area contributed by atoms with Gasteiger partial charge in [-0.2, -0.15) is 9.67 Å². The van der Waals surface area contributed by atoms with Crippen molar-refractivity contribution in [3.8, 4) is 5.69 Å². The Kier molecular flexibility index (Phi) is 4.44. The van der Waals surface area contributed by atoms with Crippen LogP contribution in [0.1, 0.15) is 32.1 Å². The molecule has 0 unspecified atom stereocenters. The SMILES string of the molecule is Nc1nc(N)n(-c2ccc(N3CCCN(C4CCCC4)CC3)nc2)n1. The third kappa shape index (κ3) is 3.39. The summed E-state index contributed by atoms with van der Waals surface area (Å²) in [5, 5.41) is 4.09. The number of aromatic nitrogens is 4. The first-order valence-corrected chi connectivity index (χ1v) is 9.14. The molecule has 2 fully saturated rings. The summed E-state index contributed by atoms with van der Waals surface area (Å²) in [5.74, 6) is 1.44. The highest BCUT2D eigenvalue weighted by atomic mass is 15.4. The largest absolute Gasteiger partial charge is 0.368 e. The average molecular weight is 342 g/mol. The fraction of sp³-hybridized carbons (Fsp3) is 0.588. The Morgan fingerprint density at radius 1 is 0.960 bits per heavy atom. The second-order valence-corrected chi connectivity index (χ2v) is 6.93. The molecule has 2 aromatic rings. The highest BCUT2D eigenvalue weighted by Gasteiger charge is 2.25.